The van der Waals surface area contributed by atoms with Gasteiger partial charge >= 0.3 is 0 Å². The van der Waals surface area contributed by atoms with Crippen molar-refractivity contribution in [3.63, 3.8) is 0 Å². The predicted octanol–water partition coefficient (Wildman–Crippen LogP) is 0.735. The Balaban J connectivity index is 2.29. The zero-order valence-electron chi connectivity index (χ0n) is 7.67. The van der Waals surface area contributed by atoms with Gasteiger partial charge in [0.1, 0.15) is 5.15 Å². The summed E-state index contributed by atoms with van der Waals surface area (Å²) in [6.45, 7) is 0.344. The van der Waals surface area contributed by atoms with Gasteiger partial charge in [0.05, 0.1) is 24.8 Å². The molecule has 2 rings (SSSR count). The van der Waals surface area contributed by atoms with E-state index >= 15 is 0 Å². The van der Waals surface area contributed by atoms with Crippen molar-refractivity contribution in [1.82, 2.24) is 19.5 Å². The molecule has 2 heterocycles. The zero-order chi connectivity index (χ0) is 10.7. The second-order valence-electron chi connectivity index (χ2n) is 2.87. The molecule has 0 fully saturated rings. The third-order valence-electron chi connectivity index (χ3n) is 1.80. The van der Waals surface area contributed by atoms with E-state index in [1.807, 2.05) is 0 Å². The molecule has 0 atom stereocenters. The lowest BCUT2D eigenvalue weighted by Gasteiger charge is -2.02. The normalized spacial score (nSPS) is 10.2. The van der Waals surface area contributed by atoms with Crippen molar-refractivity contribution >= 4 is 11.6 Å². The van der Waals surface area contributed by atoms with Crippen molar-refractivity contribution in [2.45, 2.75) is 6.54 Å². The van der Waals surface area contributed by atoms with E-state index in [4.69, 9.17) is 11.6 Å². The smallest absolute Gasteiger partial charge is 0.255 e. The van der Waals surface area contributed by atoms with Crippen LogP contribution in [0, 0.1) is 0 Å². The first kappa shape index (κ1) is 9.79. The molecule has 2 aromatic heterocycles. The van der Waals surface area contributed by atoms with Gasteiger partial charge in [0, 0.05) is 18.5 Å². The Kier molecular flexibility index (Phi) is 2.73. The van der Waals surface area contributed by atoms with Gasteiger partial charge < -0.3 is 0 Å². The second kappa shape index (κ2) is 4.18. The van der Waals surface area contributed by atoms with Crippen LogP contribution in [-0.4, -0.2) is 19.5 Å². The minimum Gasteiger partial charge on any atom is -0.293 e. The molecule has 0 aliphatic heterocycles. The molecule has 2 aromatic rings. The first-order chi connectivity index (χ1) is 7.25. The van der Waals surface area contributed by atoms with Gasteiger partial charge in [0.15, 0.2) is 0 Å². The monoisotopic (exact) mass is 222 g/mol. The summed E-state index contributed by atoms with van der Waals surface area (Å²) in [5.74, 6) is 0. The van der Waals surface area contributed by atoms with Crippen molar-refractivity contribution in [2.24, 2.45) is 0 Å². The fourth-order valence-electron chi connectivity index (χ4n) is 1.11. The van der Waals surface area contributed by atoms with E-state index in [1.54, 1.807) is 18.6 Å². The number of nitrogens with zero attached hydrogens (tertiary/aromatic N) is 4. The topological polar surface area (TPSA) is 60.7 Å². The first-order valence-corrected chi connectivity index (χ1v) is 4.60. The molecule has 5 nitrogen and oxygen atoms in total. The van der Waals surface area contributed by atoms with Crippen molar-refractivity contribution < 1.29 is 0 Å². The van der Waals surface area contributed by atoms with Gasteiger partial charge in [-0.1, -0.05) is 11.6 Å². The molecule has 0 radical (unpaired) electrons. The van der Waals surface area contributed by atoms with E-state index in [1.165, 1.54) is 17.0 Å². The van der Waals surface area contributed by atoms with Crippen LogP contribution in [0.25, 0.3) is 0 Å². The Morgan fingerprint density at radius 2 is 2.20 bits per heavy atom. The van der Waals surface area contributed by atoms with E-state index in [0.29, 0.717) is 12.2 Å². The van der Waals surface area contributed by atoms with Crippen molar-refractivity contribution in [1.29, 1.82) is 0 Å². The molecule has 0 saturated heterocycles. The minimum absolute atomic E-state index is 0.190. The summed E-state index contributed by atoms with van der Waals surface area (Å²) in [5.41, 5.74) is 0.490. The van der Waals surface area contributed by atoms with E-state index in [0.717, 1.165) is 0 Å². The summed E-state index contributed by atoms with van der Waals surface area (Å²) < 4.78 is 1.41. The quantitative estimate of drug-likeness (QED) is 0.703. The number of rotatable bonds is 2. The third kappa shape index (κ3) is 2.38. The van der Waals surface area contributed by atoms with Crippen LogP contribution in [0.1, 0.15) is 5.69 Å². The van der Waals surface area contributed by atoms with Crippen LogP contribution in [-0.2, 0) is 6.54 Å². The highest BCUT2D eigenvalue weighted by Gasteiger charge is 2.00. The summed E-state index contributed by atoms with van der Waals surface area (Å²) in [7, 11) is 0. The number of halogens is 1. The summed E-state index contributed by atoms with van der Waals surface area (Å²) in [6, 6.07) is 1.26. The average Bonchev–Trinajstić information content (AvgIpc) is 2.24. The summed E-state index contributed by atoms with van der Waals surface area (Å²) in [4.78, 5) is 23.2. The molecule has 15 heavy (non-hydrogen) atoms. The summed E-state index contributed by atoms with van der Waals surface area (Å²) >= 11 is 5.57. The molecule has 0 unspecified atom stereocenters. The molecule has 0 spiro atoms. The SMILES string of the molecule is O=c1cc(Cl)ncn1Cc1cnccn1. The predicted molar refractivity (Wildman–Crippen MR) is 54.6 cm³/mol. The van der Waals surface area contributed by atoms with Gasteiger partial charge in [-0.3, -0.25) is 19.3 Å². The molecule has 0 N–H and O–H groups in total. The second-order valence-corrected chi connectivity index (χ2v) is 3.26. The lowest BCUT2D eigenvalue weighted by atomic mass is 10.4. The molecule has 0 aromatic carbocycles. The molecule has 0 bridgehead atoms. The lowest BCUT2D eigenvalue weighted by Crippen LogP contribution is -2.20. The molecule has 0 amide bonds. The van der Waals surface area contributed by atoms with Gasteiger partial charge in [0.25, 0.3) is 5.56 Å². The fraction of sp³-hybridized carbons (Fsp3) is 0.111. The highest BCUT2D eigenvalue weighted by molar-refractivity contribution is 6.29. The number of hydrogen-bond donors (Lipinski definition) is 0. The van der Waals surface area contributed by atoms with Crippen LogP contribution < -0.4 is 5.56 Å². The van der Waals surface area contributed by atoms with Crippen LogP contribution in [0.2, 0.25) is 5.15 Å². The lowest BCUT2D eigenvalue weighted by molar-refractivity contribution is 0.715. The minimum atomic E-state index is -0.208. The van der Waals surface area contributed by atoms with E-state index in [-0.39, 0.29) is 10.7 Å². The van der Waals surface area contributed by atoms with Crippen LogP contribution in [0.15, 0.2) is 35.8 Å². The Morgan fingerprint density at radius 1 is 1.33 bits per heavy atom. The van der Waals surface area contributed by atoms with Crippen LogP contribution >= 0.6 is 11.6 Å². The van der Waals surface area contributed by atoms with Crippen LogP contribution in [0.4, 0.5) is 0 Å². The highest BCUT2D eigenvalue weighted by atomic mass is 35.5. The molecule has 6 heteroatoms. The Bertz CT molecular complexity index is 511. The van der Waals surface area contributed by atoms with Crippen LogP contribution in [0.3, 0.4) is 0 Å². The van der Waals surface area contributed by atoms with Crippen molar-refractivity contribution in [3.05, 3.63) is 52.2 Å². The van der Waals surface area contributed by atoms with E-state index in [2.05, 4.69) is 15.0 Å². The molecule has 0 aliphatic carbocycles. The first-order valence-electron chi connectivity index (χ1n) is 4.22. The molecular weight excluding hydrogens is 216 g/mol. The number of aromatic nitrogens is 4. The largest absolute Gasteiger partial charge is 0.293 e. The number of hydrogen-bond acceptors (Lipinski definition) is 4. The summed E-state index contributed by atoms with van der Waals surface area (Å²) in [5, 5.41) is 0.190. The van der Waals surface area contributed by atoms with Crippen molar-refractivity contribution in [3.8, 4) is 0 Å². The highest BCUT2D eigenvalue weighted by Crippen LogP contribution is 1.98. The fourth-order valence-corrected chi connectivity index (χ4v) is 1.25. The van der Waals surface area contributed by atoms with E-state index in [9.17, 15) is 4.79 Å². The molecule has 0 saturated carbocycles. The maximum atomic E-state index is 11.4. The van der Waals surface area contributed by atoms with Gasteiger partial charge in [-0.2, -0.15) is 0 Å². The standard InChI is InChI=1S/C9H7ClN4O/c10-8-3-9(15)14(6-13-8)5-7-4-11-1-2-12-7/h1-4,6H,5H2. The molecule has 76 valence electrons. The maximum Gasteiger partial charge on any atom is 0.255 e. The summed E-state index contributed by atoms with van der Waals surface area (Å²) in [6.07, 6.45) is 6.14. The third-order valence-corrected chi connectivity index (χ3v) is 2.00. The Hall–Kier alpha value is -1.75. The van der Waals surface area contributed by atoms with Gasteiger partial charge in [-0.05, 0) is 0 Å². The maximum absolute atomic E-state index is 11.4. The Morgan fingerprint density at radius 3 is 2.87 bits per heavy atom. The van der Waals surface area contributed by atoms with E-state index < -0.39 is 0 Å². The average molecular weight is 223 g/mol. The van der Waals surface area contributed by atoms with Gasteiger partial charge in [0.2, 0.25) is 0 Å². The molecular formula is C9H7ClN4O. The Labute approximate surface area is 90.4 Å². The van der Waals surface area contributed by atoms with Gasteiger partial charge in [-0.15, -0.1) is 0 Å². The zero-order valence-corrected chi connectivity index (χ0v) is 8.42. The van der Waals surface area contributed by atoms with Crippen molar-refractivity contribution in [2.75, 3.05) is 0 Å². The van der Waals surface area contributed by atoms with Crippen LogP contribution in [0.5, 0.6) is 0 Å². The molecule has 0 aliphatic rings. The van der Waals surface area contributed by atoms with Gasteiger partial charge in [-0.25, -0.2) is 4.98 Å².